The SMILES string of the molecule is Cc1cnc(C(=O)NCCCOC(C)C)o1. The first kappa shape index (κ1) is 12.7. The number of ether oxygens (including phenoxy) is 1. The lowest BCUT2D eigenvalue weighted by Gasteiger charge is -2.07. The molecule has 0 saturated heterocycles. The number of rotatable bonds is 6. The minimum absolute atomic E-state index is 0.113. The molecule has 0 spiro atoms. The topological polar surface area (TPSA) is 64.4 Å². The molecule has 0 aliphatic rings. The Balaban J connectivity index is 2.16. The van der Waals surface area contributed by atoms with Crippen molar-refractivity contribution in [3.63, 3.8) is 0 Å². The Hall–Kier alpha value is -1.36. The number of aromatic nitrogens is 1. The average molecular weight is 226 g/mol. The fourth-order valence-corrected chi connectivity index (χ4v) is 1.13. The van der Waals surface area contributed by atoms with Crippen molar-refractivity contribution in [2.45, 2.75) is 33.3 Å². The summed E-state index contributed by atoms with van der Waals surface area (Å²) in [4.78, 5) is 15.3. The van der Waals surface area contributed by atoms with E-state index >= 15 is 0 Å². The molecule has 5 nitrogen and oxygen atoms in total. The number of carbonyl (C=O) groups is 1. The van der Waals surface area contributed by atoms with Gasteiger partial charge < -0.3 is 14.5 Å². The summed E-state index contributed by atoms with van der Waals surface area (Å²) in [5.74, 6) is 0.466. The van der Waals surface area contributed by atoms with Crippen molar-refractivity contribution in [1.29, 1.82) is 0 Å². The van der Waals surface area contributed by atoms with Crippen LogP contribution < -0.4 is 5.32 Å². The molecule has 0 bridgehead atoms. The predicted molar refractivity (Wildman–Crippen MR) is 59.3 cm³/mol. The van der Waals surface area contributed by atoms with E-state index in [9.17, 15) is 4.79 Å². The first-order valence-electron chi connectivity index (χ1n) is 5.42. The van der Waals surface area contributed by atoms with Gasteiger partial charge in [0.05, 0.1) is 12.3 Å². The van der Waals surface area contributed by atoms with Gasteiger partial charge in [0, 0.05) is 13.2 Å². The van der Waals surface area contributed by atoms with Crippen molar-refractivity contribution in [3.8, 4) is 0 Å². The number of aryl methyl sites for hydroxylation is 1. The average Bonchev–Trinajstić information content (AvgIpc) is 2.63. The Labute approximate surface area is 95.2 Å². The molecular weight excluding hydrogens is 208 g/mol. The third-order valence-corrected chi connectivity index (χ3v) is 1.87. The summed E-state index contributed by atoms with van der Waals surface area (Å²) >= 11 is 0. The molecule has 16 heavy (non-hydrogen) atoms. The van der Waals surface area contributed by atoms with E-state index in [1.54, 1.807) is 6.92 Å². The van der Waals surface area contributed by atoms with E-state index < -0.39 is 0 Å². The van der Waals surface area contributed by atoms with Crippen LogP contribution in [0.2, 0.25) is 0 Å². The highest BCUT2D eigenvalue weighted by atomic mass is 16.5. The molecule has 90 valence electrons. The highest BCUT2D eigenvalue weighted by molar-refractivity contribution is 5.89. The number of oxazole rings is 1. The van der Waals surface area contributed by atoms with E-state index in [2.05, 4.69) is 10.3 Å². The van der Waals surface area contributed by atoms with E-state index in [0.717, 1.165) is 6.42 Å². The van der Waals surface area contributed by atoms with Gasteiger partial charge in [-0.2, -0.15) is 0 Å². The monoisotopic (exact) mass is 226 g/mol. The van der Waals surface area contributed by atoms with Crippen molar-refractivity contribution in [2.75, 3.05) is 13.2 Å². The second-order valence-corrected chi connectivity index (χ2v) is 3.81. The van der Waals surface area contributed by atoms with Gasteiger partial charge >= 0.3 is 5.91 Å². The number of hydrogen-bond donors (Lipinski definition) is 1. The summed E-state index contributed by atoms with van der Waals surface area (Å²) in [6, 6.07) is 0. The first-order chi connectivity index (χ1) is 7.59. The molecule has 1 aromatic rings. The lowest BCUT2D eigenvalue weighted by Crippen LogP contribution is -2.25. The van der Waals surface area contributed by atoms with Crippen LogP contribution in [0.4, 0.5) is 0 Å². The van der Waals surface area contributed by atoms with Crippen LogP contribution in [0, 0.1) is 6.92 Å². The molecule has 1 aromatic heterocycles. The summed E-state index contributed by atoms with van der Waals surface area (Å²) in [7, 11) is 0. The van der Waals surface area contributed by atoms with Gasteiger partial charge in [0.15, 0.2) is 0 Å². The quantitative estimate of drug-likeness (QED) is 0.747. The molecular formula is C11H18N2O3. The largest absolute Gasteiger partial charge is 0.438 e. The molecule has 0 aromatic carbocycles. The van der Waals surface area contributed by atoms with Crippen molar-refractivity contribution in [2.24, 2.45) is 0 Å². The zero-order valence-electron chi connectivity index (χ0n) is 9.95. The fourth-order valence-electron chi connectivity index (χ4n) is 1.13. The molecule has 0 aliphatic carbocycles. The maximum absolute atomic E-state index is 11.4. The van der Waals surface area contributed by atoms with Crippen LogP contribution in [-0.4, -0.2) is 30.1 Å². The number of nitrogens with zero attached hydrogens (tertiary/aromatic N) is 1. The van der Waals surface area contributed by atoms with Gasteiger partial charge in [-0.15, -0.1) is 0 Å². The van der Waals surface area contributed by atoms with Crippen LogP contribution >= 0.6 is 0 Å². The highest BCUT2D eigenvalue weighted by Gasteiger charge is 2.10. The smallest absolute Gasteiger partial charge is 0.307 e. The molecule has 0 atom stereocenters. The van der Waals surface area contributed by atoms with E-state index in [4.69, 9.17) is 9.15 Å². The Morgan fingerprint density at radius 2 is 2.38 bits per heavy atom. The summed E-state index contributed by atoms with van der Waals surface area (Å²) in [6.45, 7) is 6.91. The van der Waals surface area contributed by atoms with Crippen LogP contribution in [-0.2, 0) is 4.74 Å². The van der Waals surface area contributed by atoms with Gasteiger partial charge in [0.2, 0.25) is 0 Å². The Bertz CT molecular complexity index is 334. The minimum Gasteiger partial charge on any atom is -0.438 e. The molecule has 1 N–H and O–H groups in total. The van der Waals surface area contributed by atoms with E-state index in [0.29, 0.717) is 18.9 Å². The molecule has 1 heterocycles. The summed E-state index contributed by atoms with van der Waals surface area (Å²) < 4.78 is 10.4. The van der Waals surface area contributed by atoms with Gasteiger partial charge in [0.1, 0.15) is 5.76 Å². The molecule has 1 rings (SSSR count). The van der Waals surface area contributed by atoms with Gasteiger partial charge in [0.25, 0.3) is 5.89 Å². The van der Waals surface area contributed by atoms with Crippen LogP contribution in [0.1, 0.15) is 36.7 Å². The highest BCUT2D eigenvalue weighted by Crippen LogP contribution is 2.00. The van der Waals surface area contributed by atoms with Gasteiger partial charge in [-0.05, 0) is 27.2 Å². The molecule has 0 fully saturated rings. The zero-order valence-corrected chi connectivity index (χ0v) is 9.95. The molecule has 0 saturated carbocycles. The van der Waals surface area contributed by atoms with Crippen LogP contribution in [0.3, 0.4) is 0 Å². The number of carbonyl (C=O) groups excluding carboxylic acids is 1. The number of amides is 1. The van der Waals surface area contributed by atoms with Crippen molar-refractivity contribution < 1.29 is 13.9 Å². The summed E-state index contributed by atoms with van der Waals surface area (Å²) in [5.41, 5.74) is 0. The minimum atomic E-state index is -0.280. The summed E-state index contributed by atoms with van der Waals surface area (Å²) in [5, 5.41) is 2.71. The van der Waals surface area contributed by atoms with Gasteiger partial charge in [-0.1, -0.05) is 0 Å². The van der Waals surface area contributed by atoms with E-state index in [1.165, 1.54) is 6.20 Å². The Kier molecular flexibility index (Phi) is 4.98. The Morgan fingerprint density at radius 3 is 2.94 bits per heavy atom. The van der Waals surface area contributed by atoms with Crippen LogP contribution in [0.5, 0.6) is 0 Å². The number of nitrogens with one attached hydrogen (secondary N) is 1. The van der Waals surface area contributed by atoms with Gasteiger partial charge in [-0.3, -0.25) is 4.79 Å². The van der Waals surface area contributed by atoms with Crippen molar-refractivity contribution >= 4 is 5.91 Å². The molecule has 5 heteroatoms. The second-order valence-electron chi connectivity index (χ2n) is 3.81. The predicted octanol–water partition coefficient (Wildman–Crippen LogP) is 1.53. The van der Waals surface area contributed by atoms with E-state index in [-0.39, 0.29) is 17.9 Å². The molecule has 0 unspecified atom stereocenters. The lowest BCUT2D eigenvalue weighted by molar-refractivity contribution is 0.0752. The van der Waals surface area contributed by atoms with Crippen LogP contribution in [0.25, 0.3) is 0 Å². The third kappa shape index (κ3) is 4.44. The van der Waals surface area contributed by atoms with E-state index in [1.807, 2.05) is 13.8 Å². The summed E-state index contributed by atoms with van der Waals surface area (Å²) in [6.07, 6.45) is 2.53. The first-order valence-corrected chi connectivity index (χ1v) is 5.42. The third-order valence-electron chi connectivity index (χ3n) is 1.87. The standard InChI is InChI=1S/C11H18N2O3/c1-8(2)15-6-4-5-12-10(14)11-13-7-9(3)16-11/h7-8H,4-6H2,1-3H3,(H,12,14). The van der Waals surface area contributed by atoms with Crippen LogP contribution in [0.15, 0.2) is 10.6 Å². The van der Waals surface area contributed by atoms with Crippen molar-refractivity contribution in [1.82, 2.24) is 10.3 Å². The molecule has 1 amide bonds. The number of hydrogen-bond acceptors (Lipinski definition) is 4. The normalized spacial score (nSPS) is 10.8. The molecule has 0 aliphatic heterocycles. The molecule has 0 radical (unpaired) electrons. The Morgan fingerprint density at radius 1 is 1.62 bits per heavy atom. The fraction of sp³-hybridized carbons (Fsp3) is 0.636. The maximum atomic E-state index is 11.4. The van der Waals surface area contributed by atoms with Gasteiger partial charge in [-0.25, -0.2) is 4.98 Å². The lowest BCUT2D eigenvalue weighted by atomic mass is 10.4. The van der Waals surface area contributed by atoms with Crippen molar-refractivity contribution in [3.05, 3.63) is 17.8 Å². The second kappa shape index (κ2) is 6.27. The zero-order chi connectivity index (χ0) is 12.0. The maximum Gasteiger partial charge on any atom is 0.307 e.